The van der Waals surface area contributed by atoms with Crippen molar-refractivity contribution in [3.05, 3.63) is 180 Å². The van der Waals surface area contributed by atoms with Gasteiger partial charge in [-0.3, -0.25) is 4.57 Å². The lowest BCUT2D eigenvalue weighted by molar-refractivity contribution is 0.726. The van der Waals surface area contributed by atoms with Crippen molar-refractivity contribution in [2.24, 2.45) is 0 Å². The number of hydrogen-bond donors (Lipinski definition) is 0. The van der Waals surface area contributed by atoms with Crippen LogP contribution in [0.3, 0.4) is 0 Å². The van der Waals surface area contributed by atoms with Gasteiger partial charge in [0.05, 0.1) is 22.1 Å². The van der Waals surface area contributed by atoms with Crippen molar-refractivity contribution in [3.8, 4) is 28.2 Å². The standard InChI is InChI=1S/C38H26N2/c1-5-14-27(15-6-1)29-24-25-35-33(26-29)38(30-18-9-3-10-19-30,31-20-11-4-12-21-31)32-22-13-23-34-36(32)40(35)37(39-34)28-16-7-2-8-17-28/h1-26H. The highest BCUT2D eigenvalue weighted by molar-refractivity contribution is 5.93. The molecule has 1 aliphatic rings. The molecular weight excluding hydrogens is 484 g/mol. The van der Waals surface area contributed by atoms with E-state index in [2.05, 4.69) is 162 Å². The molecular formula is C38H26N2. The molecule has 2 heterocycles. The van der Waals surface area contributed by atoms with Crippen LogP contribution in [0.25, 0.3) is 39.2 Å². The number of fused-ring (bicyclic) bond motifs is 2. The van der Waals surface area contributed by atoms with Gasteiger partial charge in [-0.05, 0) is 51.6 Å². The molecule has 0 saturated carbocycles. The fraction of sp³-hybridized carbons (Fsp3) is 0.0263. The topological polar surface area (TPSA) is 17.8 Å². The van der Waals surface area contributed by atoms with Crippen LogP contribution in [0, 0.1) is 0 Å². The molecule has 0 saturated heterocycles. The first-order valence-corrected chi connectivity index (χ1v) is 13.7. The largest absolute Gasteiger partial charge is 0.292 e. The van der Waals surface area contributed by atoms with Crippen LogP contribution < -0.4 is 0 Å². The molecule has 0 bridgehead atoms. The van der Waals surface area contributed by atoms with E-state index < -0.39 is 5.41 Å². The number of nitrogens with zero attached hydrogens (tertiary/aromatic N) is 2. The first kappa shape index (κ1) is 22.7. The van der Waals surface area contributed by atoms with E-state index in [1.54, 1.807) is 0 Å². The predicted octanol–water partition coefficient (Wildman–Crippen LogP) is 9.06. The zero-order valence-corrected chi connectivity index (χ0v) is 21.9. The van der Waals surface area contributed by atoms with Crippen molar-refractivity contribution in [2.75, 3.05) is 0 Å². The quantitative estimate of drug-likeness (QED) is 0.231. The second-order valence-corrected chi connectivity index (χ2v) is 10.4. The average Bonchev–Trinajstić information content (AvgIpc) is 3.44. The molecule has 0 radical (unpaired) electrons. The Hall–Kier alpha value is -5.21. The smallest absolute Gasteiger partial charge is 0.145 e. The van der Waals surface area contributed by atoms with Crippen molar-refractivity contribution in [1.29, 1.82) is 0 Å². The fourth-order valence-corrected chi connectivity index (χ4v) is 6.60. The molecule has 0 fully saturated rings. The molecule has 0 amide bonds. The molecule has 0 aliphatic carbocycles. The Balaban J connectivity index is 1.58. The highest BCUT2D eigenvalue weighted by Crippen LogP contribution is 2.54. The lowest BCUT2D eigenvalue weighted by Gasteiger charge is -2.41. The third-order valence-corrected chi connectivity index (χ3v) is 8.27. The number of aromatic nitrogens is 2. The minimum Gasteiger partial charge on any atom is -0.292 e. The van der Waals surface area contributed by atoms with E-state index in [0.29, 0.717) is 0 Å². The summed E-state index contributed by atoms with van der Waals surface area (Å²) in [5, 5.41) is 0. The van der Waals surface area contributed by atoms with Gasteiger partial charge >= 0.3 is 0 Å². The van der Waals surface area contributed by atoms with Gasteiger partial charge in [0.25, 0.3) is 0 Å². The second-order valence-electron chi connectivity index (χ2n) is 10.4. The molecule has 188 valence electrons. The summed E-state index contributed by atoms with van der Waals surface area (Å²) in [6.45, 7) is 0. The lowest BCUT2D eigenvalue weighted by Crippen LogP contribution is -2.35. The Morgan fingerprint density at radius 1 is 0.450 bits per heavy atom. The maximum atomic E-state index is 5.25. The van der Waals surface area contributed by atoms with Crippen LogP contribution in [0.5, 0.6) is 0 Å². The first-order chi connectivity index (χ1) is 19.9. The van der Waals surface area contributed by atoms with E-state index in [1.165, 1.54) is 33.4 Å². The molecule has 40 heavy (non-hydrogen) atoms. The van der Waals surface area contributed by atoms with Gasteiger partial charge < -0.3 is 0 Å². The first-order valence-electron chi connectivity index (χ1n) is 13.7. The summed E-state index contributed by atoms with van der Waals surface area (Å²) >= 11 is 0. The molecule has 0 unspecified atom stereocenters. The maximum Gasteiger partial charge on any atom is 0.145 e. The molecule has 8 rings (SSSR count). The van der Waals surface area contributed by atoms with Crippen LogP contribution in [-0.2, 0) is 5.41 Å². The van der Waals surface area contributed by atoms with Crippen molar-refractivity contribution in [1.82, 2.24) is 9.55 Å². The van der Waals surface area contributed by atoms with E-state index in [4.69, 9.17) is 4.98 Å². The maximum absolute atomic E-state index is 5.25. The van der Waals surface area contributed by atoms with E-state index in [0.717, 1.165) is 28.1 Å². The summed E-state index contributed by atoms with van der Waals surface area (Å²) in [5.74, 6) is 0.964. The van der Waals surface area contributed by atoms with Crippen molar-refractivity contribution >= 4 is 11.0 Å². The predicted molar refractivity (Wildman–Crippen MR) is 164 cm³/mol. The van der Waals surface area contributed by atoms with Gasteiger partial charge in [0.15, 0.2) is 0 Å². The van der Waals surface area contributed by atoms with Crippen LogP contribution in [0.15, 0.2) is 158 Å². The minimum absolute atomic E-state index is 0.522. The number of para-hydroxylation sites is 1. The van der Waals surface area contributed by atoms with E-state index >= 15 is 0 Å². The molecule has 0 atom stereocenters. The highest BCUT2D eigenvalue weighted by Gasteiger charge is 2.45. The molecule has 2 heteroatoms. The molecule has 1 aliphatic heterocycles. The third-order valence-electron chi connectivity index (χ3n) is 8.27. The van der Waals surface area contributed by atoms with Gasteiger partial charge in [-0.2, -0.15) is 0 Å². The van der Waals surface area contributed by atoms with Crippen LogP contribution in [0.1, 0.15) is 22.3 Å². The molecule has 7 aromatic rings. The monoisotopic (exact) mass is 510 g/mol. The summed E-state index contributed by atoms with van der Waals surface area (Å²) in [5.41, 5.74) is 11.3. The van der Waals surface area contributed by atoms with E-state index in [9.17, 15) is 0 Å². The Kier molecular flexibility index (Phi) is 5.08. The summed E-state index contributed by atoms with van der Waals surface area (Å²) in [7, 11) is 0. The zero-order chi connectivity index (χ0) is 26.5. The Morgan fingerprint density at radius 2 is 1.02 bits per heavy atom. The summed E-state index contributed by atoms with van der Waals surface area (Å²) in [6.07, 6.45) is 0. The van der Waals surface area contributed by atoms with E-state index in [1.807, 2.05) is 0 Å². The van der Waals surface area contributed by atoms with Gasteiger partial charge in [0.1, 0.15) is 5.82 Å². The van der Waals surface area contributed by atoms with Gasteiger partial charge in [0.2, 0.25) is 0 Å². The number of hydrogen-bond acceptors (Lipinski definition) is 1. The normalized spacial score (nSPS) is 13.2. The van der Waals surface area contributed by atoms with Crippen LogP contribution in [0.4, 0.5) is 0 Å². The summed E-state index contributed by atoms with van der Waals surface area (Å²) in [4.78, 5) is 5.25. The SMILES string of the molecule is c1ccc(-c2ccc3c(c2)C(c2ccccc2)(c2ccccc2)c2cccc4nc(-c5ccccc5)n-3c24)cc1. The van der Waals surface area contributed by atoms with Crippen LogP contribution in [0.2, 0.25) is 0 Å². The number of benzene rings is 6. The third kappa shape index (κ3) is 3.20. The molecule has 0 spiro atoms. The summed E-state index contributed by atoms with van der Waals surface area (Å²) < 4.78 is 2.38. The van der Waals surface area contributed by atoms with Crippen molar-refractivity contribution in [2.45, 2.75) is 5.41 Å². The van der Waals surface area contributed by atoms with Gasteiger partial charge in [-0.25, -0.2) is 4.98 Å². The highest BCUT2D eigenvalue weighted by atomic mass is 15.1. The molecule has 1 aromatic heterocycles. The van der Waals surface area contributed by atoms with Crippen LogP contribution >= 0.6 is 0 Å². The van der Waals surface area contributed by atoms with Crippen molar-refractivity contribution < 1.29 is 0 Å². The molecule has 0 N–H and O–H groups in total. The van der Waals surface area contributed by atoms with Gasteiger partial charge in [0, 0.05) is 5.56 Å². The second kappa shape index (κ2) is 8.93. The molecule has 2 nitrogen and oxygen atoms in total. The van der Waals surface area contributed by atoms with Crippen molar-refractivity contribution in [3.63, 3.8) is 0 Å². The van der Waals surface area contributed by atoms with Gasteiger partial charge in [-0.15, -0.1) is 0 Å². The van der Waals surface area contributed by atoms with Crippen LogP contribution in [-0.4, -0.2) is 9.55 Å². The van der Waals surface area contributed by atoms with Gasteiger partial charge in [-0.1, -0.05) is 140 Å². The fourth-order valence-electron chi connectivity index (χ4n) is 6.60. The Bertz CT molecular complexity index is 1930. The zero-order valence-electron chi connectivity index (χ0n) is 21.9. The lowest BCUT2D eigenvalue weighted by atomic mass is 9.63. The average molecular weight is 511 g/mol. The molecule has 6 aromatic carbocycles. The Morgan fingerprint density at radius 3 is 1.65 bits per heavy atom. The Labute approximate surface area is 233 Å². The van der Waals surface area contributed by atoms with E-state index in [-0.39, 0.29) is 0 Å². The number of rotatable bonds is 4. The minimum atomic E-state index is -0.522. The number of imidazole rings is 1. The summed E-state index contributed by atoms with van der Waals surface area (Å²) in [6, 6.07) is 56.7.